The summed E-state index contributed by atoms with van der Waals surface area (Å²) >= 11 is 0. The Morgan fingerprint density at radius 2 is 1.68 bits per heavy atom. The van der Waals surface area contributed by atoms with Crippen LogP contribution in [0.3, 0.4) is 0 Å². The molecule has 2 aromatic rings. The molecular weight excluding hydrogens is 308 g/mol. The number of benzene rings is 2. The van der Waals surface area contributed by atoms with Gasteiger partial charge in [0.2, 0.25) is 5.91 Å². The zero-order chi connectivity index (χ0) is 17.5. The molecule has 0 spiro atoms. The molecule has 1 N–H and O–H groups in total. The lowest BCUT2D eigenvalue weighted by atomic mass is 9.90. The molecule has 3 heteroatoms. The molecule has 132 valence electrons. The minimum absolute atomic E-state index is 0.0887. The van der Waals surface area contributed by atoms with Crippen LogP contribution in [0.2, 0.25) is 0 Å². The van der Waals surface area contributed by atoms with Crippen molar-refractivity contribution in [2.75, 3.05) is 25.0 Å². The van der Waals surface area contributed by atoms with Crippen molar-refractivity contribution in [3.63, 3.8) is 0 Å². The highest BCUT2D eigenvalue weighted by Gasteiger charge is 2.21. The van der Waals surface area contributed by atoms with Crippen LogP contribution in [0.15, 0.2) is 54.6 Å². The van der Waals surface area contributed by atoms with Crippen LogP contribution in [0, 0.1) is 5.92 Å². The van der Waals surface area contributed by atoms with E-state index in [1.807, 2.05) is 12.1 Å². The summed E-state index contributed by atoms with van der Waals surface area (Å²) in [6.07, 6.45) is 4.53. The number of carbonyl (C=O) groups is 1. The van der Waals surface area contributed by atoms with E-state index in [1.54, 1.807) is 0 Å². The molecule has 1 saturated heterocycles. The maximum Gasteiger partial charge on any atom is 0.238 e. The molecular formula is C22H28N2O. The van der Waals surface area contributed by atoms with Gasteiger partial charge in [-0.3, -0.25) is 9.69 Å². The molecule has 1 heterocycles. The molecule has 0 atom stereocenters. The molecule has 0 radical (unpaired) electrons. The highest BCUT2D eigenvalue weighted by molar-refractivity contribution is 5.92. The van der Waals surface area contributed by atoms with Crippen molar-refractivity contribution in [2.45, 2.75) is 32.6 Å². The summed E-state index contributed by atoms with van der Waals surface area (Å²) in [4.78, 5) is 14.5. The van der Waals surface area contributed by atoms with Gasteiger partial charge in [-0.2, -0.15) is 0 Å². The first-order valence-corrected chi connectivity index (χ1v) is 9.38. The first kappa shape index (κ1) is 17.7. The minimum atomic E-state index is 0.0887. The number of anilines is 1. The number of nitrogens with zero attached hydrogens (tertiary/aromatic N) is 1. The Morgan fingerprint density at radius 3 is 2.32 bits per heavy atom. The number of hydrogen-bond acceptors (Lipinski definition) is 2. The summed E-state index contributed by atoms with van der Waals surface area (Å²) in [5.41, 5.74) is 3.61. The number of aryl methyl sites for hydroxylation is 1. The predicted octanol–water partition coefficient (Wildman–Crippen LogP) is 4.14. The van der Waals surface area contributed by atoms with Gasteiger partial charge >= 0.3 is 0 Å². The van der Waals surface area contributed by atoms with Gasteiger partial charge in [-0.1, -0.05) is 49.4 Å². The van der Waals surface area contributed by atoms with Crippen LogP contribution in [0.4, 0.5) is 5.69 Å². The van der Waals surface area contributed by atoms with E-state index in [2.05, 4.69) is 59.6 Å². The second-order valence-electron chi connectivity index (χ2n) is 7.01. The van der Waals surface area contributed by atoms with Crippen molar-refractivity contribution in [3.8, 4) is 0 Å². The van der Waals surface area contributed by atoms with Gasteiger partial charge < -0.3 is 5.32 Å². The highest BCUT2D eigenvalue weighted by atomic mass is 16.2. The Hall–Kier alpha value is -2.13. The fourth-order valence-electron chi connectivity index (χ4n) is 3.52. The third-order valence-electron chi connectivity index (χ3n) is 5.09. The van der Waals surface area contributed by atoms with Crippen LogP contribution in [-0.4, -0.2) is 30.4 Å². The molecule has 0 bridgehead atoms. The maximum absolute atomic E-state index is 12.3. The SMILES string of the molecule is CCc1ccc(NC(=O)CN2CCC(Cc3ccccc3)CC2)cc1. The van der Waals surface area contributed by atoms with Crippen LogP contribution in [0.5, 0.6) is 0 Å². The number of rotatable bonds is 6. The van der Waals surface area contributed by atoms with Gasteiger partial charge in [0.1, 0.15) is 0 Å². The zero-order valence-electron chi connectivity index (χ0n) is 15.1. The summed E-state index contributed by atoms with van der Waals surface area (Å²) in [6, 6.07) is 18.8. The topological polar surface area (TPSA) is 32.3 Å². The number of amides is 1. The Kier molecular flexibility index (Phi) is 6.24. The third kappa shape index (κ3) is 5.43. The summed E-state index contributed by atoms with van der Waals surface area (Å²) in [7, 11) is 0. The quantitative estimate of drug-likeness (QED) is 0.860. The van der Waals surface area contributed by atoms with E-state index < -0.39 is 0 Å². The van der Waals surface area contributed by atoms with Crippen LogP contribution in [-0.2, 0) is 17.6 Å². The predicted molar refractivity (Wildman–Crippen MR) is 104 cm³/mol. The van der Waals surface area contributed by atoms with E-state index in [0.29, 0.717) is 6.54 Å². The summed E-state index contributed by atoms with van der Waals surface area (Å²) in [6.45, 7) is 4.65. The lowest BCUT2D eigenvalue weighted by Crippen LogP contribution is -2.39. The molecule has 2 aromatic carbocycles. The van der Waals surface area contributed by atoms with Crippen LogP contribution < -0.4 is 5.32 Å². The molecule has 3 nitrogen and oxygen atoms in total. The van der Waals surface area contributed by atoms with Gasteiger partial charge in [-0.05, 0) is 68.0 Å². The van der Waals surface area contributed by atoms with Crippen LogP contribution in [0.25, 0.3) is 0 Å². The van der Waals surface area contributed by atoms with E-state index in [1.165, 1.54) is 24.0 Å². The van der Waals surface area contributed by atoms with Gasteiger partial charge in [0.05, 0.1) is 6.54 Å². The molecule has 3 rings (SSSR count). The highest BCUT2D eigenvalue weighted by Crippen LogP contribution is 2.21. The fourth-order valence-corrected chi connectivity index (χ4v) is 3.52. The van der Waals surface area contributed by atoms with Gasteiger partial charge in [0.25, 0.3) is 0 Å². The van der Waals surface area contributed by atoms with Crippen LogP contribution >= 0.6 is 0 Å². The molecule has 25 heavy (non-hydrogen) atoms. The van der Waals surface area contributed by atoms with Gasteiger partial charge in [-0.15, -0.1) is 0 Å². The van der Waals surface area contributed by atoms with Crippen molar-refractivity contribution in [1.82, 2.24) is 4.90 Å². The van der Waals surface area contributed by atoms with Gasteiger partial charge in [-0.25, -0.2) is 0 Å². The zero-order valence-corrected chi connectivity index (χ0v) is 15.1. The lowest BCUT2D eigenvalue weighted by Gasteiger charge is -2.31. The van der Waals surface area contributed by atoms with Crippen molar-refractivity contribution in [3.05, 3.63) is 65.7 Å². The molecule has 1 amide bonds. The third-order valence-corrected chi connectivity index (χ3v) is 5.09. The number of carbonyl (C=O) groups excluding carboxylic acids is 1. The van der Waals surface area contributed by atoms with E-state index in [9.17, 15) is 4.79 Å². The first-order valence-electron chi connectivity index (χ1n) is 9.38. The smallest absolute Gasteiger partial charge is 0.238 e. The minimum Gasteiger partial charge on any atom is -0.325 e. The molecule has 1 aliphatic heterocycles. The van der Waals surface area contributed by atoms with E-state index in [4.69, 9.17) is 0 Å². The Morgan fingerprint density at radius 1 is 1.00 bits per heavy atom. The van der Waals surface area contributed by atoms with Gasteiger partial charge in [0, 0.05) is 5.69 Å². The normalized spacial score (nSPS) is 15.9. The number of nitrogens with one attached hydrogen (secondary N) is 1. The second-order valence-corrected chi connectivity index (χ2v) is 7.01. The summed E-state index contributed by atoms with van der Waals surface area (Å²) in [5, 5.41) is 3.01. The summed E-state index contributed by atoms with van der Waals surface area (Å²) < 4.78 is 0. The van der Waals surface area contributed by atoms with Crippen molar-refractivity contribution in [1.29, 1.82) is 0 Å². The van der Waals surface area contributed by atoms with Crippen molar-refractivity contribution >= 4 is 11.6 Å². The van der Waals surface area contributed by atoms with Crippen molar-refractivity contribution < 1.29 is 4.79 Å². The van der Waals surface area contributed by atoms with Crippen LogP contribution in [0.1, 0.15) is 30.9 Å². The second kappa shape index (κ2) is 8.82. The Labute approximate surface area is 151 Å². The number of likely N-dealkylation sites (tertiary alicyclic amines) is 1. The lowest BCUT2D eigenvalue weighted by molar-refractivity contribution is -0.117. The van der Waals surface area contributed by atoms with E-state index in [-0.39, 0.29) is 5.91 Å². The van der Waals surface area contributed by atoms with Crippen molar-refractivity contribution in [2.24, 2.45) is 5.92 Å². The van der Waals surface area contributed by atoms with Gasteiger partial charge in [0.15, 0.2) is 0 Å². The maximum atomic E-state index is 12.3. The molecule has 1 fully saturated rings. The number of hydrogen-bond donors (Lipinski definition) is 1. The fraction of sp³-hybridized carbons (Fsp3) is 0.409. The summed E-state index contributed by atoms with van der Waals surface area (Å²) in [5.74, 6) is 0.828. The number of piperidine rings is 1. The average molecular weight is 336 g/mol. The monoisotopic (exact) mass is 336 g/mol. The largest absolute Gasteiger partial charge is 0.325 e. The molecule has 0 saturated carbocycles. The van der Waals surface area contributed by atoms with E-state index in [0.717, 1.165) is 37.5 Å². The molecule has 0 unspecified atom stereocenters. The van der Waals surface area contributed by atoms with E-state index >= 15 is 0 Å². The first-order chi connectivity index (χ1) is 12.2. The Bertz CT molecular complexity index is 658. The molecule has 0 aliphatic carbocycles. The molecule has 0 aromatic heterocycles. The Balaban J connectivity index is 1.41. The average Bonchev–Trinajstić information content (AvgIpc) is 2.65. The molecule has 1 aliphatic rings. The standard InChI is InChI=1S/C22H28N2O/c1-2-18-8-10-21(11-9-18)23-22(25)17-24-14-12-20(13-15-24)16-19-6-4-3-5-7-19/h3-11,20H,2,12-17H2,1H3,(H,23,25).